The second-order valence-electron chi connectivity index (χ2n) is 4.21. The van der Waals surface area contributed by atoms with Crippen LogP contribution in [0.3, 0.4) is 0 Å². The third kappa shape index (κ3) is 2.81. The molecule has 1 heterocycles. The summed E-state index contributed by atoms with van der Waals surface area (Å²) in [5.41, 5.74) is 7.36. The van der Waals surface area contributed by atoms with Gasteiger partial charge >= 0.3 is 0 Å². The van der Waals surface area contributed by atoms with Gasteiger partial charge in [-0.25, -0.2) is 9.07 Å². The van der Waals surface area contributed by atoms with Crippen molar-refractivity contribution in [3.05, 3.63) is 63.8 Å². The van der Waals surface area contributed by atoms with Gasteiger partial charge in [0, 0.05) is 12.1 Å². The van der Waals surface area contributed by atoms with Crippen molar-refractivity contribution in [3.63, 3.8) is 0 Å². The van der Waals surface area contributed by atoms with E-state index in [9.17, 15) is 9.18 Å². The second kappa shape index (κ2) is 5.10. The molecule has 18 heavy (non-hydrogen) atoms. The van der Waals surface area contributed by atoms with Crippen LogP contribution >= 0.6 is 0 Å². The minimum absolute atomic E-state index is 0.187. The fraction of sp³-hybridized carbons (Fsp3) is 0.231. The van der Waals surface area contributed by atoms with Crippen LogP contribution in [0.15, 0.2) is 41.3 Å². The average molecular weight is 247 g/mol. The summed E-state index contributed by atoms with van der Waals surface area (Å²) in [5.74, 6) is -0.309. The summed E-state index contributed by atoms with van der Waals surface area (Å²) < 4.78 is 14.1. The molecule has 1 aromatic heterocycles. The first kappa shape index (κ1) is 12.4. The SMILES string of the molecule is Cc1cnn(CC(N)c2ccc(F)cc2)c(=O)c1. The van der Waals surface area contributed by atoms with Crippen molar-refractivity contribution in [3.8, 4) is 0 Å². The number of aryl methyl sites for hydroxylation is 1. The Morgan fingerprint density at radius 1 is 1.39 bits per heavy atom. The van der Waals surface area contributed by atoms with Crippen LogP contribution in [0.1, 0.15) is 17.2 Å². The van der Waals surface area contributed by atoms with Crippen molar-refractivity contribution >= 4 is 0 Å². The Bertz CT molecular complexity index is 592. The molecule has 1 aromatic carbocycles. The zero-order valence-corrected chi connectivity index (χ0v) is 10.0. The number of hydrogen-bond acceptors (Lipinski definition) is 3. The zero-order chi connectivity index (χ0) is 13.1. The van der Waals surface area contributed by atoms with Gasteiger partial charge in [-0.05, 0) is 30.2 Å². The average Bonchev–Trinajstić information content (AvgIpc) is 2.33. The summed E-state index contributed by atoms with van der Waals surface area (Å²) >= 11 is 0. The summed E-state index contributed by atoms with van der Waals surface area (Å²) in [5, 5.41) is 4.01. The van der Waals surface area contributed by atoms with Crippen molar-refractivity contribution in [2.24, 2.45) is 5.73 Å². The van der Waals surface area contributed by atoms with E-state index in [4.69, 9.17) is 5.73 Å². The van der Waals surface area contributed by atoms with E-state index in [0.717, 1.165) is 11.1 Å². The fourth-order valence-corrected chi connectivity index (χ4v) is 1.66. The van der Waals surface area contributed by atoms with Crippen molar-refractivity contribution in [1.29, 1.82) is 0 Å². The van der Waals surface area contributed by atoms with E-state index >= 15 is 0 Å². The molecule has 1 unspecified atom stereocenters. The van der Waals surface area contributed by atoms with Crippen LogP contribution in [0, 0.1) is 12.7 Å². The number of rotatable bonds is 3. The van der Waals surface area contributed by atoms with Gasteiger partial charge in [0.25, 0.3) is 5.56 Å². The second-order valence-corrected chi connectivity index (χ2v) is 4.21. The van der Waals surface area contributed by atoms with Gasteiger partial charge in [-0.1, -0.05) is 12.1 Å². The molecule has 0 radical (unpaired) electrons. The monoisotopic (exact) mass is 247 g/mol. The number of nitrogens with zero attached hydrogens (tertiary/aromatic N) is 2. The van der Waals surface area contributed by atoms with Gasteiger partial charge in [0.05, 0.1) is 12.7 Å². The Balaban J connectivity index is 2.18. The minimum Gasteiger partial charge on any atom is -0.322 e. The molecule has 4 nitrogen and oxygen atoms in total. The van der Waals surface area contributed by atoms with Crippen molar-refractivity contribution in [2.75, 3.05) is 0 Å². The summed E-state index contributed by atoms with van der Waals surface area (Å²) in [4.78, 5) is 11.6. The van der Waals surface area contributed by atoms with Gasteiger partial charge in [0.15, 0.2) is 0 Å². The highest BCUT2D eigenvalue weighted by Gasteiger charge is 2.08. The van der Waals surface area contributed by atoms with Crippen LogP contribution in [0.2, 0.25) is 0 Å². The Morgan fingerprint density at radius 3 is 2.67 bits per heavy atom. The highest BCUT2D eigenvalue weighted by Crippen LogP contribution is 2.12. The van der Waals surface area contributed by atoms with Gasteiger partial charge in [-0.2, -0.15) is 5.10 Å². The molecular formula is C13H14FN3O. The maximum absolute atomic E-state index is 12.8. The maximum atomic E-state index is 12.8. The van der Waals surface area contributed by atoms with Crippen LogP contribution in [0.4, 0.5) is 4.39 Å². The highest BCUT2D eigenvalue weighted by molar-refractivity contribution is 5.19. The molecule has 0 aliphatic heterocycles. The lowest BCUT2D eigenvalue weighted by molar-refractivity contribution is 0.502. The normalized spacial score (nSPS) is 12.4. The first-order chi connectivity index (χ1) is 8.56. The Labute approximate surface area is 104 Å². The summed E-state index contributed by atoms with van der Waals surface area (Å²) in [6.45, 7) is 2.07. The van der Waals surface area contributed by atoms with E-state index in [1.807, 2.05) is 0 Å². The molecule has 94 valence electrons. The number of aromatic nitrogens is 2. The predicted molar refractivity (Wildman–Crippen MR) is 66.6 cm³/mol. The molecule has 2 aromatic rings. The Kier molecular flexibility index (Phi) is 3.53. The quantitative estimate of drug-likeness (QED) is 0.891. The van der Waals surface area contributed by atoms with Crippen molar-refractivity contribution in [2.45, 2.75) is 19.5 Å². The molecule has 0 saturated carbocycles. The summed E-state index contributed by atoms with van der Waals surface area (Å²) in [6.07, 6.45) is 1.61. The van der Waals surface area contributed by atoms with Crippen LogP contribution < -0.4 is 11.3 Å². The van der Waals surface area contributed by atoms with Gasteiger partial charge in [-0.15, -0.1) is 0 Å². The smallest absolute Gasteiger partial charge is 0.267 e. The lowest BCUT2D eigenvalue weighted by Gasteiger charge is -2.13. The van der Waals surface area contributed by atoms with E-state index in [1.54, 1.807) is 25.3 Å². The van der Waals surface area contributed by atoms with Crippen LogP contribution in [0.5, 0.6) is 0 Å². The minimum atomic E-state index is -0.390. The van der Waals surface area contributed by atoms with E-state index in [0.29, 0.717) is 0 Å². The molecular weight excluding hydrogens is 233 g/mol. The van der Waals surface area contributed by atoms with Crippen LogP contribution in [-0.4, -0.2) is 9.78 Å². The largest absolute Gasteiger partial charge is 0.322 e. The zero-order valence-electron chi connectivity index (χ0n) is 10.0. The molecule has 0 fully saturated rings. The topological polar surface area (TPSA) is 60.9 Å². The highest BCUT2D eigenvalue weighted by atomic mass is 19.1. The Morgan fingerprint density at radius 2 is 2.06 bits per heavy atom. The molecule has 2 N–H and O–H groups in total. The van der Waals surface area contributed by atoms with Gasteiger partial charge in [0.2, 0.25) is 0 Å². The van der Waals surface area contributed by atoms with Gasteiger partial charge < -0.3 is 5.73 Å². The number of hydrogen-bond donors (Lipinski definition) is 1. The molecule has 0 bridgehead atoms. The van der Waals surface area contributed by atoms with Crippen molar-refractivity contribution < 1.29 is 4.39 Å². The summed E-state index contributed by atoms with van der Waals surface area (Å²) in [6, 6.07) is 7.03. The maximum Gasteiger partial charge on any atom is 0.267 e. The lowest BCUT2D eigenvalue weighted by Crippen LogP contribution is -2.28. The first-order valence-corrected chi connectivity index (χ1v) is 5.61. The molecule has 5 heteroatoms. The third-order valence-corrected chi connectivity index (χ3v) is 2.67. The molecule has 0 aliphatic rings. The number of halogens is 1. The van der Waals surface area contributed by atoms with E-state index in [1.165, 1.54) is 22.9 Å². The van der Waals surface area contributed by atoms with Gasteiger partial charge in [-0.3, -0.25) is 4.79 Å². The molecule has 0 spiro atoms. The molecule has 0 amide bonds. The predicted octanol–water partition coefficient (Wildman–Crippen LogP) is 1.39. The number of nitrogens with two attached hydrogens (primary N) is 1. The molecule has 2 rings (SSSR count). The first-order valence-electron chi connectivity index (χ1n) is 5.61. The van der Waals surface area contributed by atoms with E-state index < -0.39 is 6.04 Å². The number of benzene rings is 1. The van der Waals surface area contributed by atoms with E-state index in [-0.39, 0.29) is 17.9 Å². The fourth-order valence-electron chi connectivity index (χ4n) is 1.66. The van der Waals surface area contributed by atoms with Crippen molar-refractivity contribution in [1.82, 2.24) is 9.78 Å². The standard InChI is InChI=1S/C13H14FN3O/c1-9-6-13(18)17(16-7-9)8-12(15)10-2-4-11(14)5-3-10/h2-7,12H,8,15H2,1H3. The van der Waals surface area contributed by atoms with Crippen LogP contribution in [0.25, 0.3) is 0 Å². The molecule has 1 atom stereocenters. The summed E-state index contributed by atoms with van der Waals surface area (Å²) in [7, 11) is 0. The lowest BCUT2D eigenvalue weighted by atomic mass is 10.1. The van der Waals surface area contributed by atoms with E-state index in [2.05, 4.69) is 5.10 Å². The third-order valence-electron chi connectivity index (χ3n) is 2.67. The molecule has 0 aliphatic carbocycles. The van der Waals surface area contributed by atoms with Gasteiger partial charge in [0.1, 0.15) is 5.82 Å². The van der Waals surface area contributed by atoms with Crippen LogP contribution in [-0.2, 0) is 6.54 Å². The molecule has 0 saturated heterocycles. The Hall–Kier alpha value is -2.01.